The number of nitrogens with one attached hydrogen (secondary N) is 2. The highest BCUT2D eigenvalue weighted by molar-refractivity contribution is 5.79. The molecule has 0 aliphatic carbocycles. The Morgan fingerprint density at radius 3 is 2.86 bits per heavy atom. The highest BCUT2D eigenvalue weighted by Gasteiger charge is 2.18. The second-order valence-electron chi connectivity index (χ2n) is 6.88. The summed E-state index contributed by atoms with van der Waals surface area (Å²) >= 11 is 0. The quantitative estimate of drug-likeness (QED) is 0.322. The van der Waals surface area contributed by atoms with Crippen molar-refractivity contribution in [2.45, 2.75) is 38.8 Å². The number of methoxy groups -OCH3 is 1. The second-order valence-corrected chi connectivity index (χ2v) is 6.88. The molecule has 7 nitrogen and oxygen atoms in total. The SMILES string of the molecule is CN=C(NCCCCOCCOC)NCc1ccc(C)cc1OC1CCOC1. The first-order valence-corrected chi connectivity index (χ1v) is 10.1. The molecule has 2 N–H and O–H groups in total. The third-order valence-corrected chi connectivity index (χ3v) is 4.51. The van der Waals surface area contributed by atoms with Gasteiger partial charge in [-0.05, 0) is 31.4 Å². The van der Waals surface area contributed by atoms with E-state index < -0.39 is 0 Å². The Balaban J connectivity index is 1.72. The fraction of sp³-hybridized carbons (Fsp3) is 0.667. The first kappa shape index (κ1) is 22.5. The third kappa shape index (κ3) is 8.46. The van der Waals surface area contributed by atoms with Crippen molar-refractivity contribution in [3.63, 3.8) is 0 Å². The lowest BCUT2D eigenvalue weighted by Crippen LogP contribution is -2.37. The van der Waals surface area contributed by atoms with E-state index in [-0.39, 0.29) is 6.10 Å². The zero-order valence-corrected chi connectivity index (χ0v) is 17.5. The molecule has 158 valence electrons. The summed E-state index contributed by atoms with van der Waals surface area (Å²) in [5.74, 6) is 1.71. The van der Waals surface area contributed by atoms with Crippen molar-refractivity contribution in [1.29, 1.82) is 0 Å². The van der Waals surface area contributed by atoms with Gasteiger partial charge in [-0.25, -0.2) is 0 Å². The van der Waals surface area contributed by atoms with Crippen LogP contribution in [0.5, 0.6) is 5.75 Å². The number of aliphatic imine (C=N–C) groups is 1. The summed E-state index contributed by atoms with van der Waals surface area (Å²) in [5.41, 5.74) is 2.31. The zero-order valence-electron chi connectivity index (χ0n) is 17.5. The van der Waals surface area contributed by atoms with Gasteiger partial charge >= 0.3 is 0 Å². The summed E-state index contributed by atoms with van der Waals surface area (Å²) in [6, 6.07) is 6.31. The summed E-state index contributed by atoms with van der Waals surface area (Å²) in [6.07, 6.45) is 3.12. The van der Waals surface area contributed by atoms with E-state index in [1.165, 1.54) is 5.56 Å². The maximum absolute atomic E-state index is 6.16. The molecule has 1 fully saturated rings. The first-order chi connectivity index (χ1) is 13.7. The van der Waals surface area contributed by atoms with Crippen LogP contribution < -0.4 is 15.4 Å². The standard InChI is InChI=1S/C21H35N3O4/c1-17-6-7-18(20(14-17)28-19-8-11-27-16-19)15-24-21(22-2)23-9-4-5-10-26-13-12-25-3/h6-7,14,19H,4-5,8-13,15-16H2,1-3H3,(H2,22,23,24). The molecule has 0 spiro atoms. The van der Waals surface area contributed by atoms with Crippen LogP contribution in [0.15, 0.2) is 23.2 Å². The fourth-order valence-electron chi connectivity index (χ4n) is 2.88. The smallest absolute Gasteiger partial charge is 0.191 e. The molecule has 28 heavy (non-hydrogen) atoms. The van der Waals surface area contributed by atoms with Crippen molar-refractivity contribution in [3.05, 3.63) is 29.3 Å². The predicted molar refractivity (Wildman–Crippen MR) is 111 cm³/mol. The van der Waals surface area contributed by atoms with Crippen LogP contribution in [0.25, 0.3) is 0 Å². The molecular formula is C21H35N3O4. The Morgan fingerprint density at radius 1 is 1.21 bits per heavy atom. The van der Waals surface area contributed by atoms with E-state index in [1.54, 1.807) is 14.2 Å². The molecule has 1 aromatic carbocycles. The van der Waals surface area contributed by atoms with Crippen molar-refractivity contribution in [2.75, 3.05) is 53.7 Å². The minimum atomic E-state index is 0.143. The van der Waals surface area contributed by atoms with Crippen LogP contribution in [0, 0.1) is 6.92 Å². The van der Waals surface area contributed by atoms with Crippen molar-refractivity contribution in [1.82, 2.24) is 10.6 Å². The molecule has 1 atom stereocenters. The molecule has 1 heterocycles. The molecule has 0 amide bonds. The number of aryl methyl sites for hydroxylation is 1. The van der Waals surface area contributed by atoms with Gasteiger partial charge in [0.25, 0.3) is 0 Å². The van der Waals surface area contributed by atoms with E-state index in [1.807, 2.05) is 0 Å². The molecule has 1 aliphatic rings. The largest absolute Gasteiger partial charge is 0.488 e. The van der Waals surface area contributed by atoms with Crippen molar-refractivity contribution in [3.8, 4) is 5.75 Å². The molecule has 2 rings (SSSR count). The van der Waals surface area contributed by atoms with Gasteiger partial charge in [0.2, 0.25) is 0 Å². The minimum absolute atomic E-state index is 0.143. The summed E-state index contributed by atoms with van der Waals surface area (Å²) < 4.78 is 22.0. The summed E-state index contributed by atoms with van der Waals surface area (Å²) in [7, 11) is 3.46. The highest BCUT2D eigenvalue weighted by Crippen LogP contribution is 2.23. The molecule has 1 aliphatic heterocycles. The number of guanidine groups is 1. The van der Waals surface area contributed by atoms with Crippen LogP contribution in [0.4, 0.5) is 0 Å². The van der Waals surface area contributed by atoms with Gasteiger partial charge in [0.1, 0.15) is 11.9 Å². The minimum Gasteiger partial charge on any atom is -0.488 e. The molecule has 0 saturated carbocycles. The van der Waals surface area contributed by atoms with Gasteiger partial charge in [0.15, 0.2) is 5.96 Å². The number of nitrogens with zero attached hydrogens (tertiary/aromatic N) is 1. The number of hydrogen-bond acceptors (Lipinski definition) is 5. The van der Waals surface area contributed by atoms with E-state index in [2.05, 4.69) is 40.7 Å². The Bertz CT molecular complexity index is 589. The van der Waals surface area contributed by atoms with Crippen LogP contribution in [0.3, 0.4) is 0 Å². The third-order valence-electron chi connectivity index (χ3n) is 4.51. The number of unbranched alkanes of at least 4 members (excludes halogenated alkanes) is 1. The van der Waals surface area contributed by atoms with Gasteiger partial charge < -0.3 is 29.6 Å². The maximum Gasteiger partial charge on any atom is 0.191 e. The molecule has 7 heteroatoms. The molecule has 0 aromatic heterocycles. The van der Waals surface area contributed by atoms with Crippen molar-refractivity contribution >= 4 is 5.96 Å². The molecular weight excluding hydrogens is 358 g/mol. The van der Waals surface area contributed by atoms with E-state index in [4.69, 9.17) is 18.9 Å². The van der Waals surface area contributed by atoms with Crippen LogP contribution >= 0.6 is 0 Å². The zero-order chi connectivity index (χ0) is 20.0. The Morgan fingerprint density at radius 2 is 2.11 bits per heavy atom. The average Bonchev–Trinajstić information content (AvgIpc) is 3.20. The van der Waals surface area contributed by atoms with Crippen molar-refractivity contribution in [2.24, 2.45) is 4.99 Å². The fourth-order valence-corrected chi connectivity index (χ4v) is 2.88. The van der Waals surface area contributed by atoms with E-state index in [0.29, 0.717) is 26.4 Å². The van der Waals surface area contributed by atoms with Crippen LogP contribution in [-0.4, -0.2) is 65.8 Å². The molecule has 1 saturated heterocycles. The second kappa shape index (κ2) is 13.4. The number of hydrogen-bond donors (Lipinski definition) is 2. The monoisotopic (exact) mass is 393 g/mol. The van der Waals surface area contributed by atoms with Gasteiger partial charge in [-0.3, -0.25) is 4.99 Å². The lowest BCUT2D eigenvalue weighted by molar-refractivity contribution is 0.0689. The maximum atomic E-state index is 6.16. The topological polar surface area (TPSA) is 73.3 Å². The van der Waals surface area contributed by atoms with E-state index >= 15 is 0 Å². The van der Waals surface area contributed by atoms with Gasteiger partial charge in [0, 0.05) is 45.8 Å². The Hall–Kier alpha value is -1.83. The number of rotatable bonds is 12. The summed E-state index contributed by atoms with van der Waals surface area (Å²) in [5, 5.41) is 6.71. The molecule has 1 aromatic rings. The van der Waals surface area contributed by atoms with Crippen LogP contribution in [-0.2, 0) is 20.8 Å². The highest BCUT2D eigenvalue weighted by atomic mass is 16.5. The number of ether oxygens (including phenoxy) is 4. The van der Waals surface area contributed by atoms with Crippen LogP contribution in [0.1, 0.15) is 30.4 Å². The molecule has 1 unspecified atom stereocenters. The average molecular weight is 394 g/mol. The van der Waals surface area contributed by atoms with Gasteiger partial charge in [-0.15, -0.1) is 0 Å². The molecule has 0 radical (unpaired) electrons. The van der Waals surface area contributed by atoms with E-state index in [9.17, 15) is 0 Å². The lowest BCUT2D eigenvalue weighted by Gasteiger charge is -2.18. The Kier molecular flexibility index (Phi) is 10.7. The summed E-state index contributed by atoms with van der Waals surface area (Å²) in [4.78, 5) is 4.30. The van der Waals surface area contributed by atoms with Crippen molar-refractivity contribution < 1.29 is 18.9 Å². The van der Waals surface area contributed by atoms with Gasteiger partial charge in [-0.1, -0.05) is 12.1 Å². The van der Waals surface area contributed by atoms with Crippen LogP contribution in [0.2, 0.25) is 0 Å². The van der Waals surface area contributed by atoms with E-state index in [0.717, 1.165) is 56.3 Å². The molecule has 0 bridgehead atoms. The Labute approximate surface area is 168 Å². The lowest BCUT2D eigenvalue weighted by atomic mass is 10.1. The predicted octanol–water partition coefficient (Wildman–Crippen LogP) is 2.27. The first-order valence-electron chi connectivity index (χ1n) is 10.1. The normalized spacial score (nSPS) is 17.0. The summed E-state index contributed by atoms with van der Waals surface area (Å²) in [6.45, 7) is 7.08. The van der Waals surface area contributed by atoms with Gasteiger partial charge in [-0.2, -0.15) is 0 Å². The van der Waals surface area contributed by atoms with Gasteiger partial charge in [0.05, 0.1) is 26.4 Å². The number of benzene rings is 1.